The molecule has 23 heavy (non-hydrogen) atoms. The number of aryl methyl sites for hydroxylation is 1. The molecular formula is C15H16F3N3O2. The Morgan fingerprint density at radius 1 is 1.22 bits per heavy atom. The predicted molar refractivity (Wildman–Crippen MR) is 79.0 cm³/mol. The number of hydrogen-bond donors (Lipinski definition) is 3. The molecule has 1 unspecified atom stereocenters. The van der Waals surface area contributed by atoms with E-state index < -0.39 is 23.6 Å². The SMILES string of the molecule is Cc1cc(-c2ccc(C(F)(F)F)cc2O)nnc1NCC(C)O. The monoisotopic (exact) mass is 327 g/mol. The Labute approximate surface area is 130 Å². The number of rotatable bonds is 4. The van der Waals surface area contributed by atoms with Crippen molar-refractivity contribution in [3.63, 3.8) is 0 Å². The largest absolute Gasteiger partial charge is 0.507 e. The van der Waals surface area contributed by atoms with Gasteiger partial charge < -0.3 is 15.5 Å². The normalized spacial score (nSPS) is 13.0. The predicted octanol–water partition coefficient (Wildman–Crippen LogP) is 2.97. The summed E-state index contributed by atoms with van der Waals surface area (Å²) in [6, 6.07) is 4.29. The first-order valence-electron chi connectivity index (χ1n) is 6.85. The van der Waals surface area contributed by atoms with E-state index in [2.05, 4.69) is 15.5 Å². The number of alkyl halides is 3. The molecule has 0 spiro atoms. The Morgan fingerprint density at radius 3 is 2.43 bits per heavy atom. The number of nitrogens with zero attached hydrogens (tertiary/aromatic N) is 2. The van der Waals surface area contributed by atoms with Crippen LogP contribution >= 0.6 is 0 Å². The number of aliphatic hydroxyl groups is 1. The van der Waals surface area contributed by atoms with Gasteiger partial charge >= 0.3 is 6.18 Å². The number of phenolic OH excluding ortho intramolecular Hbond substituents is 1. The van der Waals surface area contributed by atoms with E-state index in [9.17, 15) is 23.4 Å². The summed E-state index contributed by atoms with van der Waals surface area (Å²) >= 11 is 0. The number of phenols is 1. The van der Waals surface area contributed by atoms with Crippen LogP contribution in [0, 0.1) is 6.92 Å². The van der Waals surface area contributed by atoms with E-state index in [-0.39, 0.29) is 11.3 Å². The van der Waals surface area contributed by atoms with E-state index in [1.54, 1.807) is 19.9 Å². The summed E-state index contributed by atoms with van der Waals surface area (Å²) in [5, 5.41) is 29.8. The maximum atomic E-state index is 12.6. The third kappa shape index (κ3) is 4.10. The first kappa shape index (κ1) is 17.0. The van der Waals surface area contributed by atoms with Gasteiger partial charge in [-0.25, -0.2) is 0 Å². The first-order chi connectivity index (χ1) is 10.7. The molecule has 0 saturated heterocycles. The smallest absolute Gasteiger partial charge is 0.416 e. The standard InChI is InChI=1S/C15H16F3N3O2/c1-8-5-12(20-21-14(8)19-7-9(2)22)11-4-3-10(6-13(11)23)15(16,17)18/h3-6,9,22-23H,7H2,1-2H3,(H,19,21). The molecule has 0 aliphatic carbocycles. The van der Waals surface area contributed by atoms with Gasteiger partial charge in [0.05, 0.1) is 17.4 Å². The molecule has 1 heterocycles. The molecule has 0 saturated carbocycles. The van der Waals surface area contributed by atoms with Crippen LogP contribution in [-0.2, 0) is 6.18 Å². The zero-order valence-electron chi connectivity index (χ0n) is 12.5. The summed E-state index contributed by atoms with van der Waals surface area (Å²) in [5.41, 5.74) is 0.181. The fraction of sp³-hybridized carbons (Fsp3) is 0.333. The van der Waals surface area contributed by atoms with Gasteiger partial charge in [-0.3, -0.25) is 0 Å². The highest BCUT2D eigenvalue weighted by molar-refractivity contribution is 5.68. The molecule has 5 nitrogen and oxygen atoms in total. The minimum Gasteiger partial charge on any atom is -0.507 e. The van der Waals surface area contributed by atoms with E-state index in [1.807, 2.05) is 0 Å². The molecule has 1 aromatic carbocycles. The molecule has 2 rings (SSSR count). The van der Waals surface area contributed by atoms with Crippen molar-refractivity contribution >= 4 is 5.82 Å². The van der Waals surface area contributed by atoms with Gasteiger partial charge in [0.15, 0.2) is 5.82 Å². The summed E-state index contributed by atoms with van der Waals surface area (Å²) < 4.78 is 37.8. The van der Waals surface area contributed by atoms with Gasteiger partial charge in [0.1, 0.15) is 5.75 Å². The average molecular weight is 327 g/mol. The van der Waals surface area contributed by atoms with Crippen molar-refractivity contribution in [2.24, 2.45) is 0 Å². The molecule has 8 heteroatoms. The number of nitrogens with one attached hydrogen (secondary N) is 1. The van der Waals surface area contributed by atoms with E-state index in [0.717, 1.165) is 12.1 Å². The summed E-state index contributed by atoms with van der Waals surface area (Å²) in [6.07, 6.45) is -5.08. The molecule has 124 valence electrons. The molecular weight excluding hydrogens is 311 g/mol. The van der Waals surface area contributed by atoms with Crippen LogP contribution in [0.3, 0.4) is 0 Å². The second-order valence-electron chi connectivity index (χ2n) is 5.22. The molecule has 0 aliphatic heterocycles. The maximum absolute atomic E-state index is 12.6. The minimum absolute atomic E-state index is 0.163. The highest BCUT2D eigenvalue weighted by atomic mass is 19.4. The molecule has 3 N–H and O–H groups in total. The third-order valence-corrected chi connectivity index (χ3v) is 3.15. The van der Waals surface area contributed by atoms with Crippen LogP contribution < -0.4 is 5.32 Å². The van der Waals surface area contributed by atoms with Gasteiger partial charge in [-0.2, -0.15) is 13.2 Å². The molecule has 0 amide bonds. The van der Waals surface area contributed by atoms with Crippen LogP contribution in [0.4, 0.5) is 19.0 Å². The molecule has 0 aliphatic rings. The van der Waals surface area contributed by atoms with Crippen molar-refractivity contribution in [2.45, 2.75) is 26.1 Å². The summed E-state index contributed by atoms with van der Waals surface area (Å²) in [7, 11) is 0. The number of benzene rings is 1. The first-order valence-corrected chi connectivity index (χ1v) is 6.85. The molecule has 0 bridgehead atoms. The summed E-state index contributed by atoms with van der Waals surface area (Å²) in [4.78, 5) is 0. The van der Waals surface area contributed by atoms with Crippen LogP contribution in [0.5, 0.6) is 5.75 Å². The van der Waals surface area contributed by atoms with Crippen molar-refractivity contribution in [1.29, 1.82) is 0 Å². The van der Waals surface area contributed by atoms with E-state index in [1.165, 1.54) is 0 Å². The van der Waals surface area contributed by atoms with Gasteiger partial charge in [0.25, 0.3) is 0 Å². The van der Waals surface area contributed by atoms with Crippen LogP contribution in [0.15, 0.2) is 24.3 Å². The summed E-state index contributed by atoms with van der Waals surface area (Å²) in [6.45, 7) is 3.65. The lowest BCUT2D eigenvalue weighted by molar-refractivity contribution is -0.137. The zero-order valence-corrected chi connectivity index (χ0v) is 12.5. The summed E-state index contributed by atoms with van der Waals surface area (Å²) in [5.74, 6) is -0.0562. The molecule has 0 fully saturated rings. The van der Waals surface area contributed by atoms with Crippen molar-refractivity contribution in [2.75, 3.05) is 11.9 Å². The Morgan fingerprint density at radius 2 is 1.91 bits per heavy atom. The lowest BCUT2D eigenvalue weighted by Gasteiger charge is -2.12. The number of anilines is 1. The quantitative estimate of drug-likeness (QED) is 0.805. The third-order valence-electron chi connectivity index (χ3n) is 3.15. The zero-order chi connectivity index (χ0) is 17.2. The second kappa shape index (κ2) is 6.41. The van der Waals surface area contributed by atoms with Crippen molar-refractivity contribution in [3.05, 3.63) is 35.4 Å². The topological polar surface area (TPSA) is 78.3 Å². The van der Waals surface area contributed by atoms with E-state index in [4.69, 9.17) is 0 Å². The molecule has 1 aromatic heterocycles. The molecule has 2 aromatic rings. The van der Waals surface area contributed by atoms with Gasteiger partial charge in [-0.1, -0.05) is 0 Å². The Balaban J connectivity index is 2.30. The van der Waals surface area contributed by atoms with Crippen LogP contribution in [-0.4, -0.2) is 33.1 Å². The second-order valence-corrected chi connectivity index (χ2v) is 5.22. The molecule has 0 radical (unpaired) electrons. The van der Waals surface area contributed by atoms with E-state index >= 15 is 0 Å². The number of halogens is 3. The maximum Gasteiger partial charge on any atom is 0.416 e. The lowest BCUT2D eigenvalue weighted by Crippen LogP contribution is -2.17. The Kier molecular flexibility index (Phi) is 4.74. The minimum atomic E-state index is -4.52. The number of aromatic hydroxyl groups is 1. The number of aromatic nitrogens is 2. The van der Waals surface area contributed by atoms with Gasteiger partial charge in [0, 0.05) is 12.1 Å². The fourth-order valence-electron chi connectivity index (χ4n) is 1.96. The highest BCUT2D eigenvalue weighted by Gasteiger charge is 2.31. The van der Waals surface area contributed by atoms with Crippen molar-refractivity contribution < 1.29 is 23.4 Å². The van der Waals surface area contributed by atoms with Crippen LogP contribution in [0.2, 0.25) is 0 Å². The number of aliphatic hydroxyl groups excluding tert-OH is 1. The van der Waals surface area contributed by atoms with Gasteiger partial charge in [0.2, 0.25) is 0 Å². The fourth-order valence-corrected chi connectivity index (χ4v) is 1.96. The van der Waals surface area contributed by atoms with Gasteiger partial charge in [-0.15, -0.1) is 10.2 Å². The average Bonchev–Trinajstić information content (AvgIpc) is 2.44. The van der Waals surface area contributed by atoms with Gasteiger partial charge in [-0.05, 0) is 43.7 Å². The van der Waals surface area contributed by atoms with Crippen LogP contribution in [0.1, 0.15) is 18.1 Å². The van der Waals surface area contributed by atoms with Crippen molar-refractivity contribution in [3.8, 4) is 17.0 Å². The highest BCUT2D eigenvalue weighted by Crippen LogP contribution is 2.36. The lowest BCUT2D eigenvalue weighted by atomic mass is 10.1. The Bertz CT molecular complexity index is 703. The number of hydrogen-bond acceptors (Lipinski definition) is 5. The van der Waals surface area contributed by atoms with E-state index in [0.29, 0.717) is 24.0 Å². The van der Waals surface area contributed by atoms with Crippen molar-refractivity contribution in [1.82, 2.24) is 10.2 Å². The Hall–Kier alpha value is -2.35. The van der Waals surface area contributed by atoms with Crippen LogP contribution in [0.25, 0.3) is 11.3 Å². The molecule has 1 atom stereocenters.